The number of esters is 1. The molecule has 1 fully saturated rings. The van der Waals surface area contributed by atoms with Crippen molar-refractivity contribution in [2.75, 3.05) is 19.6 Å². The first-order chi connectivity index (χ1) is 9.87. The maximum absolute atomic E-state index is 11.1. The maximum atomic E-state index is 11.1. The van der Waals surface area contributed by atoms with Crippen molar-refractivity contribution in [1.29, 1.82) is 0 Å². The van der Waals surface area contributed by atoms with Crippen molar-refractivity contribution in [2.24, 2.45) is 0 Å². The predicted octanol–water partition coefficient (Wildman–Crippen LogP) is 2.55. The largest absolute Gasteiger partial charge is 0.443 e. The Balaban J connectivity index is 0.000000423. The van der Waals surface area contributed by atoms with Crippen molar-refractivity contribution in [1.82, 2.24) is 9.80 Å². The van der Waals surface area contributed by atoms with E-state index < -0.39 is 0 Å². The summed E-state index contributed by atoms with van der Waals surface area (Å²) in [6, 6.07) is 0. The molecule has 0 bridgehead atoms. The van der Waals surface area contributed by atoms with Gasteiger partial charge in [0.1, 0.15) is 0 Å². The smallest absolute Gasteiger partial charge is 0.334 e. The summed E-state index contributed by atoms with van der Waals surface area (Å²) in [5.41, 5.74) is 0.444. The molecule has 5 heteroatoms. The molecule has 1 heterocycles. The highest BCUT2D eigenvalue weighted by atomic mass is 16.6. The van der Waals surface area contributed by atoms with Gasteiger partial charge in [-0.2, -0.15) is 0 Å². The van der Waals surface area contributed by atoms with Gasteiger partial charge in [0.2, 0.25) is 5.91 Å². The molecule has 1 aliphatic heterocycles. The zero-order valence-electron chi connectivity index (χ0n) is 13.7. The molecule has 0 N–H and O–H groups in total. The second kappa shape index (κ2) is 10.2. The molecule has 0 aromatic heterocycles. The molecule has 120 valence electrons. The standard InChI is InChI=1S/C10H19NO2.C6H9NO/c1-6-11(7-2)9(5)13-10(12)8(3)4;1-2-7-5-3-4-6(7)8/h9H,3,6-7H2,1-2,4-5H3;2H,1,3-5H2. The van der Waals surface area contributed by atoms with Gasteiger partial charge in [0.15, 0.2) is 6.23 Å². The number of carbonyl (C=O) groups excluding carboxylic acids is 2. The molecule has 0 aliphatic carbocycles. The van der Waals surface area contributed by atoms with Gasteiger partial charge < -0.3 is 9.64 Å². The van der Waals surface area contributed by atoms with Crippen molar-refractivity contribution in [2.45, 2.75) is 46.8 Å². The summed E-state index contributed by atoms with van der Waals surface area (Å²) in [5.74, 6) is -0.112. The van der Waals surface area contributed by atoms with Gasteiger partial charge in [0.25, 0.3) is 0 Å². The fourth-order valence-corrected chi connectivity index (χ4v) is 1.93. The lowest BCUT2D eigenvalue weighted by molar-refractivity contribution is -0.152. The molecule has 1 unspecified atom stereocenters. The minimum absolute atomic E-state index is 0.167. The van der Waals surface area contributed by atoms with Crippen LogP contribution in [0, 0.1) is 0 Å². The van der Waals surface area contributed by atoms with Crippen LogP contribution in [0.15, 0.2) is 24.9 Å². The minimum atomic E-state index is -0.320. The zero-order valence-corrected chi connectivity index (χ0v) is 13.7. The molecule has 0 aromatic rings. The van der Waals surface area contributed by atoms with Crippen LogP contribution >= 0.6 is 0 Å². The molecule has 1 rings (SSSR count). The van der Waals surface area contributed by atoms with Crippen LogP contribution in [-0.4, -0.2) is 47.5 Å². The number of hydrogen-bond donors (Lipinski definition) is 0. The van der Waals surface area contributed by atoms with Crippen LogP contribution < -0.4 is 0 Å². The fourth-order valence-electron chi connectivity index (χ4n) is 1.93. The topological polar surface area (TPSA) is 49.9 Å². The van der Waals surface area contributed by atoms with Crippen molar-refractivity contribution in [3.05, 3.63) is 24.9 Å². The number of ether oxygens (including phenoxy) is 1. The van der Waals surface area contributed by atoms with Crippen molar-refractivity contribution < 1.29 is 14.3 Å². The Morgan fingerprint density at radius 2 is 2.05 bits per heavy atom. The van der Waals surface area contributed by atoms with E-state index in [-0.39, 0.29) is 18.1 Å². The average molecular weight is 296 g/mol. The van der Waals surface area contributed by atoms with E-state index in [0.717, 1.165) is 26.1 Å². The first-order valence-electron chi connectivity index (χ1n) is 7.39. The van der Waals surface area contributed by atoms with E-state index in [1.54, 1.807) is 18.0 Å². The Morgan fingerprint density at radius 1 is 1.48 bits per heavy atom. The first-order valence-corrected chi connectivity index (χ1v) is 7.39. The third kappa shape index (κ3) is 7.09. The van der Waals surface area contributed by atoms with Crippen molar-refractivity contribution in [3.63, 3.8) is 0 Å². The second-order valence-corrected chi connectivity index (χ2v) is 4.88. The van der Waals surface area contributed by atoms with E-state index in [2.05, 4.69) is 18.1 Å². The Morgan fingerprint density at radius 3 is 2.33 bits per heavy atom. The van der Waals surface area contributed by atoms with Crippen LogP contribution in [-0.2, 0) is 14.3 Å². The van der Waals surface area contributed by atoms with Gasteiger partial charge in [-0.15, -0.1) is 0 Å². The lowest BCUT2D eigenvalue weighted by Crippen LogP contribution is -2.36. The summed E-state index contributed by atoms with van der Waals surface area (Å²) in [6.07, 6.45) is 3.12. The fraction of sp³-hybridized carbons (Fsp3) is 0.625. The number of carbonyl (C=O) groups is 2. The first kappa shape index (κ1) is 19.4. The summed E-state index contributed by atoms with van der Waals surface area (Å²) < 4.78 is 5.14. The van der Waals surface area contributed by atoms with E-state index in [0.29, 0.717) is 12.0 Å². The van der Waals surface area contributed by atoms with Crippen LogP contribution in [0.4, 0.5) is 0 Å². The SMILES string of the molecule is C=C(C)C(=O)OC(C)N(CC)CC.C=CN1CCCC1=O. The summed E-state index contributed by atoms with van der Waals surface area (Å²) in [4.78, 5) is 25.5. The van der Waals surface area contributed by atoms with E-state index in [1.807, 2.05) is 20.8 Å². The second-order valence-electron chi connectivity index (χ2n) is 4.88. The average Bonchev–Trinajstić information content (AvgIpc) is 2.86. The molecule has 1 atom stereocenters. The molecule has 21 heavy (non-hydrogen) atoms. The molecule has 1 amide bonds. The van der Waals surface area contributed by atoms with E-state index in [4.69, 9.17) is 4.74 Å². The predicted molar refractivity (Wildman–Crippen MR) is 84.4 cm³/mol. The lowest BCUT2D eigenvalue weighted by atomic mass is 10.3. The van der Waals surface area contributed by atoms with Gasteiger partial charge in [-0.25, -0.2) is 4.79 Å². The van der Waals surface area contributed by atoms with Crippen LogP contribution in [0.25, 0.3) is 0 Å². The van der Waals surface area contributed by atoms with Crippen molar-refractivity contribution >= 4 is 11.9 Å². The Hall–Kier alpha value is -1.62. The van der Waals surface area contributed by atoms with E-state index >= 15 is 0 Å². The number of amides is 1. The van der Waals surface area contributed by atoms with Gasteiger partial charge >= 0.3 is 5.97 Å². The number of nitrogens with zero attached hydrogens (tertiary/aromatic N) is 2. The molecule has 0 aromatic carbocycles. The Kier molecular flexibility index (Phi) is 9.37. The van der Waals surface area contributed by atoms with Gasteiger partial charge in [-0.1, -0.05) is 27.0 Å². The highest BCUT2D eigenvalue weighted by molar-refractivity contribution is 5.87. The third-order valence-electron chi connectivity index (χ3n) is 3.28. The third-order valence-corrected chi connectivity index (χ3v) is 3.28. The highest BCUT2D eigenvalue weighted by Crippen LogP contribution is 2.08. The molecule has 5 nitrogen and oxygen atoms in total. The van der Waals surface area contributed by atoms with Gasteiger partial charge in [-0.3, -0.25) is 9.69 Å². The van der Waals surface area contributed by atoms with E-state index in [9.17, 15) is 9.59 Å². The van der Waals surface area contributed by atoms with Crippen LogP contribution in [0.5, 0.6) is 0 Å². The zero-order chi connectivity index (χ0) is 16.4. The molecule has 0 spiro atoms. The van der Waals surface area contributed by atoms with Gasteiger partial charge in [-0.05, 0) is 39.6 Å². The summed E-state index contributed by atoms with van der Waals surface area (Å²) in [7, 11) is 0. The number of hydrogen-bond acceptors (Lipinski definition) is 4. The highest BCUT2D eigenvalue weighted by Gasteiger charge is 2.16. The molecule has 1 saturated heterocycles. The van der Waals surface area contributed by atoms with Crippen LogP contribution in [0.2, 0.25) is 0 Å². The van der Waals surface area contributed by atoms with Crippen LogP contribution in [0.1, 0.15) is 40.5 Å². The quantitative estimate of drug-likeness (QED) is 0.429. The van der Waals surface area contributed by atoms with Crippen molar-refractivity contribution in [3.8, 4) is 0 Å². The Bertz CT molecular complexity index is 376. The lowest BCUT2D eigenvalue weighted by Gasteiger charge is -2.25. The molecule has 0 radical (unpaired) electrons. The maximum Gasteiger partial charge on any atom is 0.334 e. The molecule has 0 saturated carbocycles. The van der Waals surface area contributed by atoms with Gasteiger partial charge in [0.05, 0.1) is 0 Å². The summed E-state index contributed by atoms with van der Waals surface area (Å²) in [5, 5.41) is 0. The molecular weight excluding hydrogens is 268 g/mol. The van der Waals surface area contributed by atoms with Crippen LogP contribution in [0.3, 0.4) is 0 Å². The minimum Gasteiger partial charge on any atom is -0.443 e. The molecule has 1 aliphatic rings. The monoisotopic (exact) mass is 296 g/mol. The molecular formula is C16H28N2O3. The summed E-state index contributed by atoms with van der Waals surface area (Å²) in [6.45, 7) is 17.2. The number of likely N-dealkylation sites (tertiary alicyclic amines) is 1. The van der Waals surface area contributed by atoms with E-state index in [1.165, 1.54) is 0 Å². The van der Waals surface area contributed by atoms with Gasteiger partial charge in [0, 0.05) is 18.5 Å². The Labute approximate surface area is 128 Å². The normalized spacial score (nSPS) is 15.3. The number of rotatable bonds is 6. The summed E-state index contributed by atoms with van der Waals surface area (Å²) >= 11 is 0.